The van der Waals surface area contributed by atoms with Crippen LogP contribution in [0, 0.1) is 5.92 Å². The fraction of sp³-hybridized carbons (Fsp3) is 0.545. The number of ether oxygens (including phenoxy) is 1. The third kappa shape index (κ3) is 5.95. The van der Waals surface area contributed by atoms with Gasteiger partial charge in [-0.2, -0.15) is 0 Å². The zero-order valence-electron chi connectivity index (χ0n) is 26.3. The topological polar surface area (TPSA) is 152 Å². The highest BCUT2D eigenvalue weighted by molar-refractivity contribution is 6.71. The molecule has 0 radical (unpaired) electrons. The van der Waals surface area contributed by atoms with Crippen molar-refractivity contribution >= 4 is 43.1 Å². The normalized spacial score (nSPS) is 29.4. The monoisotopic (exact) mass is 635 g/mol. The van der Waals surface area contributed by atoms with Crippen LogP contribution in [0.1, 0.15) is 50.2 Å². The smallest absolute Gasteiger partial charge is 0.264 e. The molecule has 0 aliphatic carbocycles. The van der Waals surface area contributed by atoms with Crippen molar-refractivity contribution in [1.29, 1.82) is 0 Å². The lowest BCUT2D eigenvalue weighted by atomic mass is 9.82. The minimum Gasteiger partial charge on any atom is -0.432 e. The number of carbonyl (C=O) groups is 3. The Morgan fingerprint density at radius 2 is 1.60 bits per heavy atom. The second-order valence-electron chi connectivity index (χ2n) is 13.5. The first-order valence-corrected chi connectivity index (χ1v) is 19.2. The van der Waals surface area contributed by atoms with Gasteiger partial charge < -0.3 is 40.8 Å². The van der Waals surface area contributed by atoms with Crippen molar-refractivity contribution in [2.75, 3.05) is 35.2 Å². The van der Waals surface area contributed by atoms with E-state index in [2.05, 4.69) is 21.3 Å². The molecule has 6 N–H and O–H groups in total. The Morgan fingerprint density at radius 3 is 2.16 bits per heavy atom. The predicted molar refractivity (Wildman–Crippen MR) is 174 cm³/mol. The van der Waals surface area contributed by atoms with Gasteiger partial charge in [-0.05, 0) is 94.2 Å². The highest BCUT2D eigenvalue weighted by atomic mass is 28.4. The number of benzene rings is 2. The first-order chi connectivity index (χ1) is 21.5. The summed E-state index contributed by atoms with van der Waals surface area (Å²) in [6.45, 7) is 7.47. The van der Waals surface area contributed by atoms with Crippen LogP contribution in [0.2, 0.25) is 18.6 Å². The number of aliphatic hydroxyl groups is 1. The number of nitrogens with one attached hydrogen (secondary N) is 4. The molecule has 11 nitrogen and oxygen atoms in total. The second-order valence-corrected chi connectivity index (χ2v) is 17.4. The summed E-state index contributed by atoms with van der Waals surface area (Å²) in [5.41, 5.74) is 1.83. The van der Waals surface area contributed by atoms with Gasteiger partial charge in [-0.15, -0.1) is 0 Å². The van der Waals surface area contributed by atoms with Crippen LogP contribution in [0.15, 0.2) is 42.5 Å². The molecule has 4 aliphatic heterocycles. The molecule has 0 saturated carbocycles. The molecular weight excluding hydrogens is 590 g/mol. The zero-order chi connectivity index (χ0) is 31.9. The molecule has 45 heavy (non-hydrogen) atoms. The number of hydrogen-bond donors (Lipinski definition) is 6. The maximum absolute atomic E-state index is 14.6. The van der Waals surface area contributed by atoms with Crippen molar-refractivity contribution in [2.45, 2.75) is 88.0 Å². The lowest BCUT2D eigenvalue weighted by molar-refractivity contribution is -0.146. The number of amides is 3. The standard InChI is InChI=1S/C33H45N5O6Si/c1-20-29(45(2,3)43)28(14-17-39)44-33(20)24-18-23(37-31(41)26-7-5-16-35-26)12-13-27(24)38(32(33)42)19-21-8-10-22(11-9-21)36-30(40)25-6-4-15-34-25/h8-13,18,20,25-26,28-29,34-35,39,43H,4-7,14-17,19H2,1-3H3,(H,36,40)(H,37,41)/t20-,25+,26+,28+,29-,33+/m0/s1. The molecule has 0 unspecified atom stereocenters. The molecule has 2 aromatic rings. The van der Waals surface area contributed by atoms with Crippen LogP contribution in [0.25, 0.3) is 0 Å². The van der Waals surface area contributed by atoms with E-state index in [1.54, 1.807) is 4.90 Å². The average Bonchev–Trinajstić information content (AvgIpc) is 3.80. The molecule has 3 saturated heterocycles. The Balaban J connectivity index is 1.31. The van der Waals surface area contributed by atoms with Crippen molar-refractivity contribution in [3.8, 4) is 0 Å². The summed E-state index contributed by atoms with van der Waals surface area (Å²) < 4.78 is 6.72. The Labute approximate surface area is 265 Å². The quantitative estimate of drug-likeness (QED) is 0.230. The SMILES string of the molecule is C[C@H]1[C@H]([Si](C)(C)O)[C@@H](CCO)O[C@]12C(=O)N(Cc1ccc(NC(=O)[C@H]3CCCN3)cc1)c1ccc(NC(=O)[C@H]3CCCN3)cc12. The summed E-state index contributed by atoms with van der Waals surface area (Å²) in [5.74, 6) is -0.758. The van der Waals surface area contributed by atoms with Gasteiger partial charge in [0.1, 0.15) is 0 Å². The van der Waals surface area contributed by atoms with Crippen LogP contribution in [-0.2, 0) is 31.3 Å². The first kappa shape index (κ1) is 31.8. The second kappa shape index (κ2) is 12.6. The van der Waals surface area contributed by atoms with Crippen LogP contribution in [0.4, 0.5) is 17.1 Å². The van der Waals surface area contributed by atoms with Gasteiger partial charge in [-0.25, -0.2) is 0 Å². The number of hydrogen-bond acceptors (Lipinski definition) is 8. The lowest BCUT2D eigenvalue weighted by Crippen LogP contribution is -2.46. The number of fused-ring (bicyclic) bond motifs is 2. The summed E-state index contributed by atoms with van der Waals surface area (Å²) in [5, 5.41) is 22.3. The molecular formula is C33H45N5O6Si. The fourth-order valence-electron chi connectivity index (χ4n) is 7.86. The number of anilines is 3. The molecule has 1 spiro atoms. The van der Waals surface area contributed by atoms with E-state index < -0.39 is 20.0 Å². The molecule has 4 aliphatic rings. The lowest BCUT2D eigenvalue weighted by Gasteiger charge is -2.32. The molecule has 6 atom stereocenters. The Bertz CT molecular complexity index is 1440. The van der Waals surface area contributed by atoms with E-state index in [4.69, 9.17) is 4.74 Å². The minimum atomic E-state index is -2.84. The Kier molecular flexibility index (Phi) is 8.90. The van der Waals surface area contributed by atoms with Crippen molar-refractivity contribution in [3.05, 3.63) is 53.6 Å². The van der Waals surface area contributed by atoms with E-state index in [1.807, 2.05) is 62.5 Å². The van der Waals surface area contributed by atoms with Crippen LogP contribution < -0.4 is 26.2 Å². The molecule has 3 fully saturated rings. The first-order valence-electron chi connectivity index (χ1n) is 16.2. The highest BCUT2D eigenvalue weighted by Crippen LogP contribution is 2.60. The maximum Gasteiger partial charge on any atom is 0.264 e. The van der Waals surface area contributed by atoms with Crippen LogP contribution in [0.5, 0.6) is 0 Å². The number of nitrogens with zero attached hydrogens (tertiary/aromatic N) is 1. The highest BCUT2D eigenvalue weighted by Gasteiger charge is 2.66. The Morgan fingerprint density at radius 1 is 1.00 bits per heavy atom. The van der Waals surface area contributed by atoms with Crippen LogP contribution in [0.3, 0.4) is 0 Å². The summed E-state index contributed by atoms with van der Waals surface area (Å²) in [6, 6.07) is 12.6. The van der Waals surface area contributed by atoms with E-state index in [0.717, 1.165) is 44.3 Å². The summed E-state index contributed by atoms with van der Waals surface area (Å²) in [4.78, 5) is 53.3. The molecule has 0 aromatic heterocycles. The van der Waals surface area contributed by atoms with E-state index in [9.17, 15) is 24.3 Å². The van der Waals surface area contributed by atoms with Gasteiger partial charge in [0.2, 0.25) is 11.8 Å². The van der Waals surface area contributed by atoms with Gasteiger partial charge in [0.15, 0.2) is 13.9 Å². The molecule has 12 heteroatoms. The van der Waals surface area contributed by atoms with Crippen LogP contribution in [-0.4, -0.2) is 73.8 Å². The molecule has 6 rings (SSSR count). The number of carbonyl (C=O) groups excluding carboxylic acids is 3. The minimum absolute atomic E-state index is 0.0489. The molecule has 2 aromatic carbocycles. The van der Waals surface area contributed by atoms with Crippen molar-refractivity contribution in [1.82, 2.24) is 10.6 Å². The van der Waals surface area contributed by atoms with Crippen molar-refractivity contribution in [2.24, 2.45) is 5.92 Å². The van der Waals surface area contributed by atoms with Gasteiger partial charge >= 0.3 is 0 Å². The van der Waals surface area contributed by atoms with Crippen molar-refractivity contribution in [3.63, 3.8) is 0 Å². The predicted octanol–water partition coefficient (Wildman–Crippen LogP) is 2.79. The third-order valence-electron chi connectivity index (χ3n) is 9.98. The van der Waals surface area contributed by atoms with E-state index in [1.165, 1.54) is 0 Å². The largest absolute Gasteiger partial charge is 0.432 e. The molecule has 4 heterocycles. The van der Waals surface area contributed by atoms with E-state index >= 15 is 0 Å². The fourth-order valence-corrected chi connectivity index (χ4v) is 10.5. The van der Waals surface area contributed by atoms with E-state index in [0.29, 0.717) is 29.0 Å². The van der Waals surface area contributed by atoms with Gasteiger partial charge in [-0.1, -0.05) is 19.1 Å². The number of rotatable bonds is 9. The van der Waals surface area contributed by atoms with Gasteiger partial charge in [0.25, 0.3) is 5.91 Å². The van der Waals surface area contributed by atoms with Crippen LogP contribution >= 0.6 is 0 Å². The van der Waals surface area contributed by atoms with E-state index in [-0.39, 0.29) is 54.4 Å². The maximum atomic E-state index is 14.6. The van der Waals surface area contributed by atoms with Crippen molar-refractivity contribution < 1.29 is 29.0 Å². The molecule has 3 amide bonds. The molecule has 242 valence electrons. The molecule has 0 bridgehead atoms. The zero-order valence-corrected chi connectivity index (χ0v) is 27.3. The Hall–Kier alpha value is -3.13. The summed E-state index contributed by atoms with van der Waals surface area (Å²) in [6.07, 6.45) is 3.34. The van der Waals surface area contributed by atoms with Gasteiger partial charge in [0, 0.05) is 35.0 Å². The number of aliphatic hydroxyl groups excluding tert-OH is 1. The summed E-state index contributed by atoms with van der Waals surface area (Å²) in [7, 11) is -2.84. The summed E-state index contributed by atoms with van der Waals surface area (Å²) >= 11 is 0. The third-order valence-corrected chi connectivity index (χ3v) is 12.5. The van der Waals surface area contributed by atoms with Gasteiger partial charge in [-0.3, -0.25) is 14.4 Å². The average molecular weight is 636 g/mol. The van der Waals surface area contributed by atoms with Gasteiger partial charge in [0.05, 0.1) is 30.4 Å².